The number of rotatable bonds is 5. The summed E-state index contributed by atoms with van der Waals surface area (Å²) in [6.07, 6.45) is 1.34. The highest BCUT2D eigenvalue weighted by atomic mass is 16.5. The number of carbonyl (C=O) groups excluding carboxylic acids is 1. The van der Waals surface area contributed by atoms with Gasteiger partial charge in [0.15, 0.2) is 0 Å². The Bertz CT molecular complexity index is 335. The van der Waals surface area contributed by atoms with Crippen molar-refractivity contribution in [1.29, 1.82) is 0 Å². The molecule has 1 heterocycles. The second-order valence-electron chi connectivity index (χ2n) is 4.41. The van der Waals surface area contributed by atoms with Gasteiger partial charge in [0.05, 0.1) is 0 Å². The molecule has 0 aromatic heterocycles. The second kappa shape index (κ2) is 6.39. The molecule has 1 aliphatic rings. The Morgan fingerprint density at radius 3 is 2.50 bits per heavy atom. The standard InChI is InChI=1S/C12H20N2O4/c1-3-9(2)8-13-11(17)14-12(10(15)16)4-6-18-7-5-12/h2-8H2,1H3,(H,15,16)(H2,13,14,17). The molecule has 102 valence electrons. The number of carbonyl (C=O) groups is 2. The Morgan fingerprint density at radius 1 is 1.39 bits per heavy atom. The highest BCUT2D eigenvalue weighted by Crippen LogP contribution is 2.20. The summed E-state index contributed by atoms with van der Waals surface area (Å²) in [5.74, 6) is -1.02. The lowest BCUT2D eigenvalue weighted by Crippen LogP contribution is -2.59. The van der Waals surface area contributed by atoms with Crippen LogP contribution in [-0.4, -0.2) is 42.4 Å². The number of carboxylic acid groups (broad SMARTS) is 1. The third kappa shape index (κ3) is 3.73. The summed E-state index contributed by atoms with van der Waals surface area (Å²) < 4.78 is 5.12. The molecule has 0 spiro atoms. The summed E-state index contributed by atoms with van der Waals surface area (Å²) >= 11 is 0. The first-order chi connectivity index (χ1) is 8.50. The van der Waals surface area contributed by atoms with Gasteiger partial charge >= 0.3 is 12.0 Å². The molecule has 0 aromatic rings. The van der Waals surface area contributed by atoms with E-state index in [2.05, 4.69) is 17.2 Å². The molecule has 6 nitrogen and oxygen atoms in total. The molecule has 0 bridgehead atoms. The molecule has 3 N–H and O–H groups in total. The van der Waals surface area contributed by atoms with Crippen LogP contribution in [0.4, 0.5) is 4.79 Å². The maximum absolute atomic E-state index is 11.7. The fourth-order valence-corrected chi connectivity index (χ4v) is 1.70. The van der Waals surface area contributed by atoms with Crippen LogP contribution in [0.3, 0.4) is 0 Å². The van der Waals surface area contributed by atoms with Gasteiger partial charge in [-0.1, -0.05) is 19.1 Å². The fourth-order valence-electron chi connectivity index (χ4n) is 1.70. The first-order valence-corrected chi connectivity index (χ1v) is 6.04. The number of urea groups is 1. The molecule has 0 unspecified atom stereocenters. The minimum atomic E-state index is -1.21. The largest absolute Gasteiger partial charge is 0.480 e. The molecule has 1 rings (SSSR count). The van der Waals surface area contributed by atoms with Crippen molar-refractivity contribution in [3.8, 4) is 0 Å². The van der Waals surface area contributed by atoms with Gasteiger partial charge in [-0.2, -0.15) is 0 Å². The zero-order valence-electron chi connectivity index (χ0n) is 10.6. The third-order valence-corrected chi connectivity index (χ3v) is 3.11. The topological polar surface area (TPSA) is 87.7 Å². The van der Waals surface area contributed by atoms with Gasteiger partial charge < -0.3 is 20.5 Å². The molecule has 6 heteroatoms. The number of carboxylic acids is 1. The van der Waals surface area contributed by atoms with Crippen LogP contribution in [-0.2, 0) is 9.53 Å². The molecule has 0 atom stereocenters. The van der Waals surface area contributed by atoms with Gasteiger partial charge in [0.1, 0.15) is 5.54 Å². The van der Waals surface area contributed by atoms with Gasteiger partial charge in [-0.15, -0.1) is 0 Å². The summed E-state index contributed by atoms with van der Waals surface area (Å²) in [6, 6.07) is -0.478. The Morgan fingerprint density at radius 2 is 2.00 bits per heavy atom. The van der Waals surface area contributed by atoms with E-state index >= 15 is 0 Å². The van der Waals surface area contributed by atoms with E-state index in [-0.39, 0.29) is 12.8 Å². The lowest BCUT2D eigenvalue weighted by atomic mass is 9.90. The van der Waals surface area contributed by atoms with Crippen molar-refractivity contribution in [3.05, 3.63) is 12.2 Å². The lowest BCUT2D eigenvalue weighted by Gasteiger charge is -2.33. The summed E-state index contributed by atoms with van der Waals surface area (Å²) in [6.45, 7) is 6.75. The summed E-state index contributed by atoms with van der Waals surface area (Å²) in [5, 5.41) is 14.4. The summed E-state index contributed by atoms with van der Waals surface area (Å²) in [5.41, 5.74) is -0.322. The molecule has 0 radical (unpaired) electrons. The van der Waals surface area contributed by atoms with Gasteiger partial charge in [-0.25, -0.2) is 9.59 Å². The molecular formula is C12H20N2O4. The van der Waals surface area contributed by atoms with Crippen molar-refractivity contribution in [1.82, 2.24) is 10.6 Å². The fraction of sp³-hybridized carbons (Fsp3) is 0.667. The van der Waals surface area contributed by atoms with Crippen molar-refractivity contribution in [2.45, 2.75) is 31.7 Å². The van der Waals surface area contributed by atoms with E-state index in [1.165, 1.54) is 0 Å². The lowest BCUT2D eigenvalue weighted by molar-refractivity contribution is -0.148. The van der Waals surface area contributed by atoms with Crippen LogP contribution in [0.25, 0.3) is 0 Å². The van der Waals surface area contributed by atoms with Gasteiger partial charge in [-0.3, -0.25) is 0 Å². The van der Waals surface area contributed by atoms with Crippen LogP contribution in [0.15, 0.2) is 12.2 Å². The van der Waals surface area contributed by atoms with Crippen molar-refractivity contribution >= 4 is 12.0 Å². The first-order valence-electron chi connectivity index (χ1n) is 6.04. The Labute approximate surface area is 106 Å². The van der Waals surface area contributed by atoms with Crippen molar-refractivity contribution < 1.29 is 19.4 Å². The van der Waals surface area contributed by atoms with Crippen LogP contribution in [0.1, 0.15) is 26.2 Å². The quantitative estimate of drug-likeness (QED) is 0.637. The molecule has 0 aromatic carbocycles. The highest BCUT2D eigenvalue weighted by Gasteiger charge is 2.41. The van der Waals surface area contributed by atoms with E-state index in [1.54, 1.807) is 0 Å². The predicted octanol–water partition coefficient (Wildman–Crippen LogP) is 0.886. The normalized spacial score (nSPS) is 17.8. The van der Waals surface area contributed by atoms with Gasteiger partial charge in [0.25, 0.3) is 0 Å². The summed E-state index contributed by atoms with van der Waals surface area (Å²) in [4.78, 5) is 23.0. The molecule has 0 aliphatic carbocycles. The van der Waals surface area contributed by atoms with Crippen molar-refractivity contribution in [3.63, 3.8) is 0 Å². The number of hydrogen-bond acceptors (Lipinski definition) is 3. The molecule has 1 aliphatic heterocycles. The van der Waals surface area contributed by atoms with Crippen LogP contribution in [0, 0.1) is 0 Å². The second-order valence-corrected chi connectivity index (χ2v) is 4.41. The molecular weight excluding hydrogens is 236 g/mol. The van der Waals surface area contributed by atoms with Crippen LogP contribution in [0.2, 0.25) is 0 Å². The van der Waals surface area contributed by atoms with Crippen LogP contribution in [0.5, 0.6) is 0 Å². The minimum Gasteiger partial charge on any atom is -0.480 e. The average Bonchev–Trinajstić information content (AvgIpc) is 2.36. The molecule has 0 saturated carbocycles. The molecule has 1 saturated heterocycles. The Balaban J connectivity index is 2.53. The third-order valence-electron chi connectivity index (χ3n) is 3.11. The minimum absolute atomic E-state index is 0.282. The maximum Gasteiger partial charge on any atom is 0.329 e. The van der Waals surface area contributed by atoms with Gasteiger partial charge in [-0.05, 0) is 6.42 Å². The molecule has 2 amide bonds. The van der Waals surface area contributed by atoms with E-state index in [9.17, 15) is 14.7 Å². The van der Waals surface area contributed by atoms with E-state index in [1.807, 2.05) is 6.92 Å². The number of hydrogen-bond donors (Lipinski definition) is 3. The highest BCUT2D eigenvalue weighted by molar-refractivity contribution is 5.86. The zero-order chi connectivity index (χ0) is 13.6. The predicted molar refractivity (Wildman–Crippen MR) is 66.4 cm³/mol. The van der Waals surface area contributed by atoms with Crippen LogP contribution >= 0.6 is 0 Å². The number of ether oxygens (including phenoxy) is 1. The Kier molecular flexibility index (Phi) is 5.15. The molecule has 1 fully saturated rings. The van der Waals surface area contributed by atoms with Gasteiger partial charge in [0, 0.05) is 32.6 Å². The number of amides is 2. The van der Waals surface area contributed by atoms with E-state index in [4.69, 9.17) is 4.74 Å². The van der Waals surface area contributed by atoms with Crippen molar-refractivity contribution in [2.75, 3.05) is 19.8 Å². The maximum atomic E-state index is 11.7. The van der Waals surface area contributed by atoms with E-state index in [0.29, 0.717) is 19.8 Å². The monoisotopic (exact) mass is 256 g/mol. The smallest absolute Gasteiger partial charge is 0.329 e. The SMILES string of the molecule is C=C(CC)CNC(=O)NC1(C(=O)O)CCOCC1. The average molecular weight is 256 g/mol. The summed E-state index contributed by atoms with van der Waals surface area (Å²) in [7, 11) is 0. The van der Waals surface area contributed by atoms with Crippen LogP contribution < -0.4 is 10.6 Å². The van der Waals surface area contributed by atoms with E-state index in [0.717, 1.165) is 12.0 Å². The number of nitrogens with one attached hydrogen (secondary N) is 2. The number of aliphatic carboxylic acids is 1. The van der Waals surface area contributed by atoms with Crippen molar-refractivity contribution in [2.24, 2.45) is 0 Å². The molecule has 18 heavy (non-hydrogen) atoms. The Hall–Kier alpha value is -1.56. The first kappa shape index (κ1) is 14.5. The van der Waals surface area contributed by atoms with E-state index < -0.39 is 17.5 Å². The van der Waals surface area contributed by atoms with Gasteiger partial charge in [0.2, 0.25) is 0 Å². The zero-order valence-corrected chi connectivity index (χ0v) is 10.6.